The molecule has 0 aromatic heterocycles. The number of benzene rings is 1. The number of nitrogens with one attached hydrogen (secondary N) is 1. The molecular weight excluding hydrogens is 250 g/mol. The standard InChI is InChI=1S/C13H16BrN/c1-4-11(5-2)15-10(3)12-8-6-7-9-13(12)14/h1,6-11,15H,5H2,2-3H3/t10-,11?/m1/s1. The lowest BCUT2D eigenvalue weighted by Gasteiger charge is -2.19. The van der Waals surface area contributed by atoms with Crippen molar-refractivity contribution in [3.8, 4) is 12.3 Å². The van der Waals surface area contributed by atoms with E-state index in [1.807, 2.05) is 18.2 Å². The Morgan fingerprint density at radius 3 is 2.67 bits per heavy atom. The summed E-state index contributed by atoms with van der Waals surface area (Å²) in [5.41, 5.74) is 1.24. The molecule has 2 atom stereocenters. The average Bonchev–Trinajstić information content (AvgIpc) is 2.26. The van der Waals surface area contributed by atoms with E-state index in [0.717, 1.165) is 10.9 Å². The first-order valence-electron chi connectivity index (χ1n) is 5.15. The van der Waals surface area contributed by atoms with Crippen LogP contribution < -0.4 is 5.32 Å². The Kier molecular flexibility index (Phi) is 4.87. The molecule has 1 aromatic rings. The zero-order valence-electron chi connectivity index (χ0n) is 9.13. The van der Waals surface area contributed by atoms with Crippen LogP contribution >= 0.6 is 15.9 Å². The highest BCUT2D eigenvalue weighted by Gasteiger charge is 2.11. The normalized spacial score (nSPS) is 14.3. The Balaban J connectivity index is 2.73. The Labute approximate surface area is 100 Å². The fourth-order valence-electron chi connectivity index (χ4n) is 1.50. The van der Waals surface area contributed by atoms with Gasteiger partial charge < -0.3 is 0 Å². The maximum absolute atomic E-state index is 5.42. The minimum Gasteiger partial charge on any atom is -0.297 e. The highest BCUT2D eigenvalue weighted by Crippen LogP contribution is 2.23. The molecule has 1 N–H and O–H groups in total. The number of rotatable bonds is 4. The average molecular weight is 266 g/mol. The minimum atomic E-state index is 0.145. The van der Waals surface area contributed by atoms with Crippen LogP contribution in [0.2, 0.25) is 0 Å². The monoisotopic (exact) mass is 265 g/mol. The third kappa shape index (κ3) is 3.37. The third-order valence-corrected chi connectivity index (χ3v) is 3.15. The lowest BCUT2D eigenvalue weighted by molar-refractivity contribution is 0.511. The molecule has 0 bridgehead atoms. The molecular formula is C13H16BrN. The van der Waals surface area contributed by atoms with E-state index < -0.39 is 0 Å². The van der Waals surface area contributed by atoms with E-state index in [4.69, 9.17) is 6.42 Å². The van der Waals surface area contributed by atoms with Gasteiger partial charge in [-0.1, -0.05) is 47.0 Å². The van der Waals surface area contributed by atoms with Crippen LogP contribution in [-0.4, -0.2) is 6.04 Å². The van der Waals surface area contributed by atoms with Crippen LogP contribution in [0.3, 0.4) is 0 Å². The van der Waals surface area contributed by atoms with Gasteiger partial charge in [0.1, 0.15) is 0 Å². The highest BCUT2D eigenvalue weighted by atomic mass is 79.9. The van der Waals surface area contributed by atoms with Gasteiger partial charge >= 0.3 is 0 Å². The number of hydrogen-bond acceptors (Lipinski definition) is 1. The summed E-state index contributed by atoms with van der Waals surface area (Å²) in [7, 11) is 0. The molecule has 1 unspecified atom stereocenters. The first-order chi connectivity index (χ1) is 7.19. The van der Waals surface area contributed by atoms with Gasteiger partial charge in [-0.15, -0.1) is 6.42 Å². The van der Waals surface area contributed by atoms with E-state index in [1.165, 1.54) is 5.56 Å². The molecule has 1 aromatic carbocycles. The minimum absolute atomic E-state index is 0.145. The van der Waals surface area contributed by atoms with Gasteiger partial charge in [0.2, 0.25) is 0 Å². The molecule has 0 saturated carbocycles. The summed E-state index contributed by atoms with van der Waals surface area (Å²) in [6.07, 6.45) is 6.37. The fraction of sp³-hybridized carbons (Fsp3) is 0.385. The molecule has 1 rings (SSSR count). The molecule has 15 heavy (non-hydrogen) atoms. The van der Waals surface area contributed by atoms with E-state index in [9.17, 15) is 0 Å². The first-order valence-corrected chi connectivity index (χ1v) is 5.95. The lowest BCUT2D eigenvalue weighted by atomic mass is 10.1. The van der Waals surface area contributed by atoms with E-state index in [0.29, 0.717) is 0 Å². The topological polar surface area (TPSA) is 12.0 Å². The Bertz CT molecular complexity index is 354. The van der Waals surface area contributed by atoms with Gasteiger partial charge in [-0.25, -0.2) is 0 Å². The molecule has 0 heterocycles. The van der Waals surface area contributed by atoms with Gasteiger partial charge in [0.15, 0.2) is 0 Å². The van der Waals surface area contributed by atoms with Crippen molar-refractivity contribution in [3.05, 3.63) is 34.3 Å². The molecule has 0 saturated heterocycles. The van der Waals surface area contributed by atoms with Crippen LogP contribution in [0.1, 0.15) is 31.9 Å². The van der Waals surface area contributed by atoms with Crippen LogP contribution in [0.15, 0.2) is 28.7 Å². The molecule has 1 nitrogen and oxygen atoms in total. The SMILES string of the molecule is C#CC(CC)N[C@H](C)c1ccccc1Br. The van der Waals surface area contributed by atoms with Crippen LogP contribution in [0, 0.1) is 12.3 Å². The van der Waals surface area contributed by atoms with Gasteiger partial charge in [0, 0.05) is 10.5 Å². The molecule has 0 aliphatic heterocycles. The maximum Gasteiger partial charge on any atom is 0.0688 e. The van der Waals surface area contributed by atoms with Crippen molar-refractivity contribution in [2.24, 2.45) is 0 Å². The summed E-state index contributed by atoms with van der Waals surface area (Å²) in [4.78, 5) is 0. The second-order valence-electron chi connectivity index (χ2n) is 3.54. The number of terminal acetylenes is 1. The Morgan fingerprint density at radius 1 is 1.47 bits per heavy atom. The molecule has 0 fully saturated rings. The predicted octanol–water partition coefficient (Wildman–Crippen LogP) is 3.51. The van der Waals surface area contributed by atoms with Crippen molar-refractivity contribution >= 4 is 15.9 Å². The Hall–Kier alpha value is -0.780. The summed E-state index contributed by atoms with van der Waals surface area (Å²) in [5.74, 6) is 2.75. The van der Waals surface area contributed by atoms with Crippen molar-refractivity contribution in [1.29, 1.82) is 0 Å². The summed E-state index contributed by atoms with van der Waals surface area (Å²) in [6, 6.07) is 8.61. The van der Waals surface area contributed by atoms with Crippen LogP contribution in [0.25, 0.3) is 0 Å². The van der Waals surface area contributed by atoms with Crippen molar-refractivity contribution in [3.63, 3.8) is 0 Å². The zero-order chi connectivity index (χ0) is 11.3. The Morgan fingerprint density at radius 2 is 2.13 bits per heavy atom. The maximum atomic E-state index is 5.42. The fourth-order valence-corrected chi connectivity index (χ4v) is 2.13. The molecule has 0 amide bonds. The number of hydrogen-bond donors (Lipinski definition) is 1. The van der Waals surface area contributed by atoms with Gasteiger partial charge in [-0.3, -0.25) is 5.32 Å². The predicted molar refractivity (Wildman–Crippen MR) is 68.6 cm³/mol. The van der Waals surface area contributed by atoms with Crippen LogP contribution in [0.4, 0.5) is 0 Å². The van der Waals surface area contributed by atoms with Crippen molar-refractivity contribution in [2.75, 3.05) is 0 Å². The van der Waals surface area contributed by atoms with Gasteiger partial charge in [-0.05, 0) is 25.0 Å². The quantitative estimate of drug-likeness (QED) is 0.822. The molecule has 80 valence electrons. The van der Waals surface area contributed by atoms with Crippen molar-refractivity contribution in [2.45, 2.75) is 32.4 Å². The van der Waals surface area contributed by atoms with Gasteiger partial charge in [0.05, 0.1) is 6.04 Å². The summed E-state index contributed by atoms with van der Waals surface area (Å²) >= 11 is 3.54. The van der Waals surface area contributed by atoms with Crippen molar-refractivity contribution < 1.29 is 0 Å². The summed E-state index contributed by atoms with van der Waals surface area (Å²) < 4.78 is 1.12. The van der Waals surface area contributed by atoms with Gasteiger partial charge in [0.25, 0.3) is 0 Å². The van der Waals surface area contributed by atoms with Crippen LogP contribution in [-0.2, 0) is 0 Å². The lowest BCUT2D eigenvalue weighted by Crippen LogP contribution is -2.29. The third-order valence-electron chi connectivity index (χ3n) is 2.43. The molecule has 0 spiro atoms. The molecule has 0 radical (unpaired) electrons. The number of halogens is 1. The molecule has 0 aliphatic carbocycles. The molecule has 0 aliphatic rings. The smallest absolute Gasteiger partial charge is 0.0688 e. The van der Waals surface area contributed by atoms with E-state index in [-0.39, 0.29) is 12.1 Å². The first kappa shape index (κ1) is 12.3. The molecule has 2 heteroatoms. The highest BCUT2D eigenvalue weighted by molar-refractivity contribution is 9.10. The van der Waals surface area contributed by atoms with Gasteiger partial charge in [-0.2, -0.15) is 0 Å². The van der Waals surface area contributed by atoms with Crippen molar-refractivity contribution in [1.82, 2.24) is 5.32 Å². The van der Waals surface area contributed by atoms with E-state index in [2.05, 4.69) is 47.1 Å². The van der Waals surface area contributed by atoms with Crippen LogP contribution in [0.5, 0.6) is 0 Å². The second-order valence-corrected chi connectivity index (χ2v) is 4.39. The summed E-state index contributed by atoms with van der Waals surface area (Å²) in [6.45, 7) is 4.21. The summed E-state index contributed by atoms with van der Waals surface area (Å²) in [5, 5.41) is 3.41. The second kappa shape index (κ2) is 5.95. The largest absolute Gasteiger partial charge is 0.297 e. The van der Waals surface area contributed by atoms with E-state index >= 15 is 0 Å². The van der Waals surface area contributed by atoms with E-state index in [1.54, 1.807) is 0 Å². The zero-order valence-corrected chi connectivity index (χ0v) is 10.7.